The lowest BCUT2D eigenvalue weighted by Gasteiger charge is -2.37. The summed E-state index contributed by atoms with van der Waals surface area (Å²) in [5.41, 5.74) is 1.24. The summed E-state index contributed by atoms with van der Waals surface area (Å²) >= 11 is 0. The van der Waals surface area contributed by atoms with Crippen molar-refractivity contribution < 1.29 is 4.74 Å². The Morgan fingerprint density at radius 2 is 2.10 bits per heavy atom. The molecule has 4 heteroatoms. The fourth-order valence-corrected chi connectivity index (χ4v) is 2.66. The van der Waals surface area contributed by atoms with Gasteiger partial charge in [-0.05, 0) is 26.6 Å². The molecule has 1 atom stereocenters. The van der Waals surface area contributed by atoms with Gasteiger partial charge in [-0.2, -0.15) is 0 Å². The summed E-state index contributed by atoms with van der Waals surface area (Å²) in [7, 11) is 2.20. The number of para-hydroxylation sites is 1. The van der Waals surface area contributed by atoms with E-state index in [4.69, 9.17) is 4.74 Å². The van der Waals surface area contributed by atoms with E-state index in [1.54, 1.807) is 0 Å². The average Bonchev–Trinajstić information content (AvgIpc) is 2.50. The summed E-state index contributed by atoms with van der Waals surface area (Å²) in [6, 6.07) is 8.96. The van der Waals surface area contributed by atoms with Crippen molar-refractivity contribution in [3.05, 3.63) is 29.8 Å². The third-order valence-corrected chi connectivity index (χ3v) is 4.25. The van der Waals surface area contributed by atoms with Gasteiger partial charge in [0.05, 0.1) is 0 Å². The van der Waals surface area contributed by atoms with Crippen LogP contribution >= 0.6 is 0 Å². The average molecular weight is 291 g/mol. The third kappa shape index (κ3) is 4.99. The van der Waals surface area contributed by atoms with E-state index in [9.17, 15) is 0 Å². The zero-order valence-electron chi connectivity index (χ0n) is 13.6. The van der Waals surface area contributed by atoms with E-state index >= 15 is 0 Å². The molecular formula is C17H29N3O. The molecule has 0 bridgehead atoms. The molecule has 4 nitrogen and oxygen atoms in total. The largest absolute Gasteiger partial charge is 0.492 e. The number of nitrogens with one attached hydrogen (secondary N) is 1. The Kier molecular flexibility index (Phi) is 6.49. The van der Waals surface area contributed by atoms with E-state index < -0.39 is 0 Å². The van der Waals surface area contributed by atoms with Gasteiger partial charge in [-0.3, -0.25) is 4.90 Å². The molecule has 0 radical (unpaired) electrons. The number of ether oxygens (including phenoxy) is 1. The molecule has 1 aromatic carbocycles. The summed E-state index contributed by atoms with van der Waals surface area (Å²) in [5.74, 6) is 1.01. The van der Waals surface area contributed by atoms with Crippen LogP contribution in [0.4, 0.5) is 0 Å². The molecule has 2 rings (SSSR count). The highest BCUT2D eigenvalue weighted by atomic mass is 16.5. The monoisotopic (exact) mass is 291 g/mol. The maximum absolute atomic E-state index is 6.00. The fraction of sp³-hybridized carbons (Fsp3) is 0.647. The van der Waals surface area contributed by atoms with Crippen LogP contribution in [0.5, 0.6) is 5.75 Å². The van der Waals surface area contributed by atoms with Crippen LogP contribution in [0.1, 0.15) is 19.4 Å². The van der Waals surface area contributed by atoms with Gasteiger partial charge < -0.3 is 15.0 Å². The molecule has 0 saturated carbocycles. The molecular weight excluding hydrogens is 262 g/mol. The molecule has 1 aromatic rings. The predicted octanol–water partition coefficient (Wildman–Crippen LogP) is 1.81. The molecule has 0 spiro atoms. The molecule has 1 heterocycles. The second-order valence-corrected chi connectivity index (χ2v) is 5.87. The van der Waals surface area contributed by atoms with Crippen LogP contribution in [0.3, 0.4) is 0 Å². The summed E-state index contributed by atoms with van der Waals surface area (Å²) in [6.07, 6.45) is 0. The number of rotatable bonds is 7. The number of hydrogen-bond donors (Lipinski definition) is 1. The highest BCUT2D eigenvalue weighted by Crippen LogP contribution is 2.17. The van der Waals surface area contributed by atoms with Crippen molar-refractivity contribution >= 4 is 0 Å². The van der Waals surface area contributed by atoms with Crippen molar-refractivity contribution in [2.75, 3.05) is 46.4 Å². The Labute approximate surface area is 129 Å². The lowest BCUT2D eigenvalue weighted by atomic mass is 10.2. The van der Waals surface area contributed by atoms with E-state index in [1.165, 1.54) is 5.56 Å². The molecule has 1 unspecified atom stereocenters. The van der Waals surface area contributed by atoms with Crippen molar-refractivity contribution in [1.82, 2.24) is 15.1 Å². The zero-order chi connectivity index (χ0) is 15.1. The summed E-state index contributed by atoms with van der Waals surface area (Å²) in [6.45, 7) is 11.5. The quantitative estimate of drug-likeness (QED) is 0.829. The molecule has 0 amide bonds. The molecule has 0 aliphatic carbocycles. The van der Waals surface area contributed by atoms with Crippen LogP contribution in [-0.2, 0) is 6.54 Å². The van der Waals surface area contributed by atoms with Crippen molar-refractivity contribution in [3.8, 4) is 5.75 Å². The molecule has 1 fully saturated rings. The van der Waals surface area contributed by atoms with Gasteiger partial charge in [0, 0.05) is 44.3 Å². The van der Waals surface area contributed by atoms with Gasteiger partial charge in [-0.15, -0.1) is 0 Å². The van der Waals surface area contributed by atoms with E-state index in [0.717, 1.165) is 51.6 Å². The minimum Gasteiger partial charge on any atom is -0.492 e. The van der Waals surface area contributed by atoms with E-state index in [2.05, 4.69) is 54.2 Å². The lowest BCUT2D eigenvalue weighted by Crippen LogP contribution is -2.50. The number of likely N-dealkylation sites (N-methyl/N-ethyl adjacent to an activating group) is 1. The molecule has 1 saturated heterocycles. The van der Waals surface area contributed by atoms with Crippen molar-refractivity contribution in [3.63, 3.8) is 0 Å². The van der Waals surface area contributed by atoms with Crippen LogP contribution in [0, 0.1) is 0 Å². The van der Waals surface area contributed by atoms with Crippen molar-refractivity contribution in [2.45, 2.75) is 26.4 Å². The highest BCUT2D eigenvalue weighted by Gasteiger charge is 2.20. The summed E-state index contributed by atoms with van der Waals surface area (Å²) in [4.78, 5) is 4.92. The normalized spacial score (nSPS) is 20.6. The molecule has 0 aromatic heterocycles. The molecule has 1 N–H and O–H groups in total. The third-order valence-electron chi connectivity index (χ3n) is 4.25. The van der Waals surface area contributed by atoms with Crippen LogP contribution in [0.2, 0.25) is 0 Å². The zero-order valence-corrected chi connectivity index (χ0v) is 13.6. The van der Waals surface area contributed by atoms with Gasteiger partial charge in [0.1, 0.15) is 12.4 Å². The number of piperazine rings is 1. The van der Waals surface area contributed by atoms with Gasteiger partial charge in [-0.25, -0.2) is 0 Å². The number of nitrogens with zero attached hydrogens (tertiary/aromatic N) is 2. The molecule has 1 aliphatic rings. The first-order valence-electron chi connectivity index (χ1n) is 8.04. The first kappa shape index (κ1) is 16.3. The van der Waals surface area contributed by atoms with Crippen molar-refractivity contribution in [1.29, 1.82) is 0 Å². The maximum atomic E-state index is 6.00. The van der Waals surface area contributed by atoms with Crippen LogP contribution in [0.25, 0.3) is 0 Å². The lowest BCUT2D eigenvalue weighted by molar-refractivity contribution is 0.0926. The van der Waals surface area contributed by atoms with Gasteiger partial charge in [-0.1, -0.05) is 25.1 Å². The summed E-state index contributed by atoms with van der Waals surface area (Å²) < 4.78 is 6.00. The Hall–Kier alpha value is -1.10. The Bertz CT molecular complexity index is 424. The van der Waals surface area contributed by atoms with Gasteiger partial charge in [0.2, 0.25) is 0 Å². The molecule has 118 valence electrons. The van der Waals surface area contributed by atoms with Crippen LogP contribution in [-0.4, -0.2) is 62.2 Å². The Balaban J connectivity index is 1.78. The molecule has 21 heavy (non-hydrogen) atoms. The SMILES string of the molecule is CCNCc1ccccc1OCCN1CCN(C)C(C)C1. The smallest absolute Gasteiger partial charge is 0.123 e. The van der Waals surface area contributed by atoms with Gasteiger partial charge in [0.15, 0.2) is 0 Å². The predicted molar refractivity (Wildman–Crippen MR) is 87.8 cm³/mol. The minimum atomic E-state index is 0.639. The number of benzene rings is 1. The standard InChI is InChI=1S/C17H29N3O/c1-4-18-13-16-7-5-6-8-17(16)21-12-11-20-10-9-19(3)15(2)14-20/h5-8,15,18H,4,9-14H2,1-3H3. The number of hydrogen-bond acceptors (Lipinski definition) is 4. The van der Waals surface area contributed by atoms with Gasteiger partial charge in [0.25, 0.3) is 0 Å². The minimum absolute atomic E-state index is 0.639. The topological polar surface area (TPSA) is 27.7 Å². The van der Waals surface area contributed by atoms with E-state index in [-0.39, 0.29) is 0 Å². The second kappa shape index (κ2) is 8.37. The molecule has 1 aliphatic heterocycles. The first-order chi connectivity index (χ1) is 10.2. The van der Waals surface area contributed by atoms with Crippen molar-refractivity contribution in [2.24, 2.45) is 0 Å². The summed E-state index contributed by atoms with van der Waals surface area (Å²) in [5, 5.41) is 3.36. The second-order valence-electron chi connectivity index (χ2n) is 5.87. The first-order valence-corrected chi connectivity index (χ1v) is 8.04. The van der Waals surface area contributed by atoms with E-state index in [1.807, 2.05) is 6.07 Å². The Morgan fingerprint density at radius 3 is 2.86 bits per heavy atom. The highest BCUT2D eigenvalue weighted by molar-refractivity contribution is 5.33. The van der Waals surface area contributed by atoms with Gasteiger partial charge >= 0.3 is 0 Å². The van der Waals surface area contributed by atoms with E-state index in [0.29, 0.717) is 6.04 Å². The van der Waals surface area contributed by atoms with Crippen LogP contribution in [0.15, 0.2) is 24.3 Å². The van der Waals surface area contributed by atoms with Crippen LogP contribution < -0.4 is 10.1 Å². The fourth-order valence-electron chi connectivity index (χ4n) is 2.66. The Morgan fingerprint density at radius 1 is 1.29 bits per heavy atom. The maximum Gasteiger partial charge on any atom is 0.123 e.